The van der Waals surface area contributed by atoms with Crippen LogP contribution in [-0.4, -0.2) is 27.1 Å². The lowest BCUT2D eigenvalue weighted by atomic mass is 10.1. The summed E-state index contributed by atoms with van der Waals surface area (Å²) < 4.78 is 0. The molecule has 4 aromatic rings. The summed E-state index contributed by atoms with van der Waals surface area (Å²) in [5.41, 5.74) is 2.87. The van der Waals surface area contributed by atoms with Crippen molar-refractivity contribution in [2.75, 3.05) is 14.1 Å². The van der Waals surface area contributed by atoms with Crippen LogP contribution >= 0.6 is 0 Å². The van der Waals surface area contributed by atoms with Gasteiger partial charge in [-0.3, -0.25) is 0 Å². The number of nitrogens with zero attached hydrogens (tertiary/aromatic N) is 1. The lowest BCUT2D eigenvalue weighted by Crippen LogP contribution is -2.69. The maximum Gasteiger partial charge on any atom is 0.152 e. The largest absolute Gasteiger partial charge is 0.305 e. The van der Waals surface area contributed by atoms with Crippen LogP contribution in [0.15, 0.2) is 115 Å². The zero-order valence-corrected chi connectivity index (χ0v) is 18.8. The molecule has 0 aliphatic carbocycles. The second-order valence-corrected chi connectivity index (χ2v) is 12.1. The monoisotopic (exact) mass is 407 g/mol. The highest BCUT2D eigenvalue weighted by Gasteiger charge is 2.39. The highest BCUT2D eigenvalue weighted by molar-refractivity contribution is 7.11. The maximum absolute atomic E-state index is 2.33. The summed E-state index contributed by atoms with van der Waals surface area (Å²) in [7, 11) is 2.03. The first-order valence-corrected chi connectivity index (χ1v) is 12.8. The molecule has 0 spiro atoms. The Morgan fingerprint density at radius 3 is 1.27 bits per heavy atom. The van der Waals surface area contributed by atoms with E-state index in [1.54, 1.807) is 0 Å². The van der Waals surface area contributed by atoms with Gasteiger partial charge in [-0.15, -0.1) is 0 Å². The number of hydrogen-bond acceptors (Lipinski definition) is 1. The smallest absolute Gasteiger partial charge is 0.152 e. The lowest BCUT2D eigenvalue weighted by molar-refractivity contribution is 0.401. The molecule has 0 aliphatic rings. The molecule has 0 radical (unpaired) electrons. The van der Waals surface area contributed by atoms with Gasteiger partial charge in [0.25, 0.3) is 0 Å². The van der Waals surface area contributed by atoms with E-state index in [2.05, 4.69) is 134 Å². The van der Waals surface area contributed by atoms with Crippen molar-refractivity contribution in [3.63, 3.8) is 0 Å². The molecule has 0 atom stereocenters. The van der Waals surface area contributed by atoms with Crippen LogP contribution in [-0.2, 0) is 12.6 Å². The molecule has 0 aliphatic heterocycles. The summed E-state index contributed by atoms with van der Waals surface area (Å²) in [5, 5.41) is 4.38. The van der Waals surface area contributed by atoms with Gasteiger partial charge in [-0.05, 0) is 46.8 Å². The first kappa shape index (κ1) is 20.3. The van der Waals surface area contributed by atoms with Crippen LogP contribution in [0.2, 0.25) is 0 Å². The standard InChI is InChI=1S/C28H29NSi/c1-29(2)22-24-14-12-13-15-25(24)23-30(26-16-6-3-7-17-26,27-18-8-4-9-19-27)28-20-10-5-11-21-28/h3-21H,22-23H2,1-2H3. The summed E-state index contributed by atoms with van der Waals surface area (Å²) >= 11 is 0. The van der Waals surface area contributed by atoms with E-state index in [1.165, 1.54) is 26.7 Å². The zero-order valence-electron chi connectivity index (χ0n) is 17.8. The van der Waals surface area contributed by atoms with E-state index >= 15 is 0 Å². The minimum Gasteiger partial charge on any atom is -0.305 e. The van der Waals surface area contributed by atoms with Crippen molar-refractivity contribution in [3.05, 3.63) is 126 Å². The van der Waals surface area contributed by atoms with E-state index in [1.807, 2.05) is 0 Å². The van der Waals surface area contributed by atoms with Gasteiger partial charge in [-0.1, -0.05) is 115 Å². The molecule has 30 heavy (non-hydrogen) atoms. The van der Waals surface area contributed by atoms with Gasteiger partial charge in [0, 0.05) is 6.54 Å². The number of rotatable bonds is 7. The minimum atomic E-state index is -2.27. The zero-order chi connectivity index (χ0) is 20.8. The molecule has 4 rings (SSSR count). The molecule has 0 bridgehead atoms. The lowest BCUT2D eigenvalue weighted by Gasteiger charge is -2.35. The van der Waals surface area contributed by atoms with E-state index < -0.39 is 8.07 Å². The molecular formula is C28H29NSi. The molecule has 0 amide bonds. The molecule has 0 fully saturated rings. The van der Waals surface area contributed by atoms with Crippen molar-refractivity contribution >= 4 is 23.6 Å². The fourth-order valence-electron chi connectivity index (χ4n) is 4.48. The van der Waals surface area contributed by atoms with Gasteiger partial charge in [0.1, 0.15) is 0 Å². The molecular weight excluding hydrogens is 378 g/mol. The van der Waals surface area contributed by atoms with Crippen molar-refractivity contribution in [1.82, 2.24) is 4.90 Å². The van der Waals surface area contributed by atoms with Gasteiger partial charge in [-0.25, -0.2) is 0 Å². The van der Waals surface area contributed by atoms with Crippen molar-refractivity contribution < 1.29 is 0 Å². The van der Waals surface area contributed by atoms with Gasteiger partial charge < -0.3 is 4.90 Å². The summed E-state index contributed by atoms with van der Waals surface area (Å²) in [5.74, 6) is 0. The molecule has 150 valence electrons. The highest BCUT2D eigenvalue weighted by Crippen LogP contribution is 2.19. The number of hydrogen-bond donors (Lipinski definition) is 0. The Labute approximate surface area is 181 Å². The fourth-order valence-corrected chi connectivity index (χ4v) is 9.30. The highest BCUT2D eigenvalue weighted by atomic mass is 28.3. The molecule has 0 saturated heterocycles. The Morgan fingerprint density at radius 1 is 0.500 bits per heavy atom. The molecule has 1 nitrogen and oxygen atoms in total. The Bertz CT molecular complexity index is 963. The van der Waals surface area contributed by atoms with Gasteiger partial charge in [-0.2, -0.15) is 0 Å². The minimum absolute atomic E-state index is 0.957. The van der Waals surface area contributed by atoms with Gasteiger partial charge in [0.2, 0.25) is 0 Å². The molecule has 0 heterocycles. The van der Waals surface area contributed by atoms with Crippen LogP contribution in [0.5, 0.6) is 0 Å². The van der Waals surface area contributed by atoms with E-state index in [0.717, 1.165) is 12.6 Å². The predicted octanol–water partition coefficient (Wildman–Crippen LogP) is 4.00. The van der Waals surface area contributed by atoms with E-state index in [0.29, 0.717) is 0 Å². The Morgan fingerprint density at radius 2 is 0.867 bits per heavy atom. The average Bonchev–Trinajstić information content (AvgIpc) is 2.80. The summed E-state index contributed by atoms with van der Waals surface area (Å²) in [4.78, 5) is 2.26. The third kappa shape index (κ3) is 4.16. The van der Waals surface area contributed by atoms with Crippen LogP contribution in [0.25, 0.3) is 0 Å². The Hall–Kier alpha value is -2.94. The van der Waals surface area contributed by atoms with Crippen LogP contribution in [0, 0.1) is 0 Å². The Kier molecular flexibility index (Phi) is 6.27. The van der Waals surface area contributed by atoms with Crippen LogP contribution in [0.1, 0.15) is 11.1 Å². The fraction of sp³-hybridized carbons (Fsp3) is 0.143. The Balaban J connectivity index is 1.97. The van der Waals surface area contributed by atoms with Crippen LogP contribution < -0.4 is 15.6 Å². The molecule has 0 N–H and O–H groups in total. The van der Waals surface area contributed by atoms with Crippen molar-refractivity contribution in [2.24, 2.45) is 0 Å². The van der Waals surface area contributed by atoms with Gasteiger partial charge >= 0.3 is 0 Å². The van der Waals surface area contributed by atoms with Crippen LogP contribution in [0.3, 0.4) is 0 Å². The summed E-state index contributed by atoms with van der Waals surface area (Å²) in [6.07, 6.45) is 0. The number of benzene rings is 4. The molecule has 0 saturated carbocycles. The summed E-state index contributed by atoms with van der Waals surface area (Å²) in [6, 6.07) is 43.5. The third-order valence-electron chi connectivity index (χ3n) is 5.86. The van der Waals surface area contributed by atoms with Gasteiger partial charge in [0.05, 0.1) is 0 Å². The second-order valence-electron chi connectivity index (χ2n) is 8.19. The van der Waals surface area contributed by atoms with E-state index in [4.69, 9.17) is 0 Å². The average molecular weight is 408 g/mol. The molecule has 2 heteroatoms. The third-order valence-corrected chi connectivity index (χ3v) is 10.7. The van der Waals surface area contributed by atoms with Gasteiger partial charge in [0.15, 0.2) is 8.07 Å². The maximum atomic E-state index is 2.33. The topological polar surface area (TPSA) is 3.24 Å². The normalized spacial score (nSPS) is 11.6. The first-order valence-electron chi connectivity index (χ1n) is 10.6. The molecule has 4 aromatic carbocycles. The molecule has 0 aromatic heterocycles. The molecule has 0 unspecified atom stereocenters. The van der Waals surface area contributed by atoms with Crippen LogP contribution in [0.4, 0.5) is 0 Å². The predicted molar refractivity (Wildman–Crippen MR) is 132 cm³/mol. The van der Waals surface area contributed by atoms with E-state index in [9.17, 15) is 0 Å². The van der Waals surface area contributed by atoms with Crippen molar-refractivity contribution in [1.29, 1.82) is 0 Å². The first-order chi connectivity index (χ1) is 14.7. The quantitative estimate of drug-likeness (QED) is 0.331. The van der Waals surface area contributed by atoms with Crippen molar-refractivity contribution in [2.45, 2.75) is 12.6 Å². The van der Waals surface area contributed by atoms with E-state index in [-0.39, 0.29) is 0 Å². The SMILES string of the molecule is CN(C)Cc1ccccc1C[Si](c1ccccc1)(c1ccccc1)c1ccccc1. The summed E-state index contributed by atoms with van der Waals surface area (Å²) in [6.45, 7) is 0.957. The second kappa shape index (κ2) is 9.25. The van der Waals surface area contributed by atoms with Crippen molar-refractivity contribution in [3.8, 4) is 0 Å².